The maximum Gasteiger partial charge on any atom is 0.0699 e. The van der Waals surface area contributed by atoms with Crippen molar-refractivity contribution >= 4 is 0 Å². The van der Waals surface area contributed by atoms with Crippen molar-refractivity contribution in [1.82, 2.24) is 5.32 Å². The molecule has 0 unspecified atom stereocenters. The van der Waals surface area contributed by atoms with Crippen LogP contribution in [0.2, 0.25) is 0 Å². The predicted molar refractivity (Wildman–Crippen MR) is 214 cm³/mol. The van der Waals surface area contributed by atoms with Crippen molar-refractivity contribution in [2.75, 3.05) is 0 Å². The van der Waals surface area contributed by atoms with Crippen molar-refractivity contribution in [2.24, 2.45) is 0 Å². The van der Waals surface area contributed by atoms with Gasteiger partial charge in [0.1, 0.15) is 0 Å². The Morgan fingerprint density at radius 2 is 0.638 bits per heavy atom. The van der Waals surface area contributed by atoms with E-state index in [2.05, 4.69) is 49.5 Å². The number of nitrogens with zero attached hydrogens (tertiary/aromatic N) is 1. The highest BCUT2D eigenvalue weighted by Gasteiger charge is 2.04. The Bertz CT molecular complexity index is 740. The first-order chi connectivity index (χ1) is 23.4. The van der Waals surface area contributed by atoms with Crippen LogP contribution in [0.15, 0.2) is 47.9 Å². The van der Waals surface area contributed by atoms with E-state index in [0.717, 1.165) is 5.70 Å². The lowest BCUT2D eigenvalue weighted by atomic mass is 10.0. The molecule has 1 radical (unpaired) electrons. The maximum atomic E-state index is 4.60. The molecule has 0 saturated heterocycles. The van der Waals surface area contributed by atoms with Gasteiger partial charge >= 0.3 is 0 Å². The Morgan fingerprint density at radius 1 is 0.362 bits per heavy atom. The molecule has 0 aromatic heterocycles. The standard InChI is InChI=1S/C46H84N/c1-3-5-7-9-11-13-15-17-19-21-23-25-27-29-31-33-35-37-39-41-45-43-44-47-46(45)42-40-38-36-34-32-30-28-26-24-22-20-18-16-14-12-10-8-6-4-2/h39-44H,3-38H2,1-2H3. The Kier molecular flexibility index (Phi) is 35.0. The number of hydrogen-bond donors (Lipinski definition) is 0. The second kappa shape index (κ2) is 37.6. The Morgan fingerprint density at radius 3 is 0.957 bits per heavy atom. The molecule has 1 aliphatic heterocycles. The molecular weight excluding hydrogens is 567 g/mol. The number of unbranched alkanes of at least 4 members (excludes halogenated alkanes) is 34. The number of rotatable bonds is 38. The summed E-state index contributed by atoms with van der Waals surface area (Å²) in [6, 6.07) is 0. The van der Waals surface area contributed by atoms with Crippen molar-refractivity contribution in [1.29, 1.82) is 0 Å². The minimum Gasteiger partial charge on any atom is -0.256 e. The summed E-state index contributed by atoms with van der Waals surface area (Å²) in [7, 11) is 0. The summed E-state index contributed by atoms with van der Waals surface area (Å²) in [5, 5.41) is 4.60. The second-order valence-corrected chi connectivity index (χ2v) is 15.0. The van der Waals surface area contributed by atoms with Gasteiger partial charge in [0.15, 0.2) is 0 Å². The summed E-state index contributed by atoms with van der Waals surface area (Å²) >= 11 is 0. The van der Waals surface area contributed by atoms with Crippen molar-refractivity contribution < 1.29 is 0 Å². The molecule has 0 aliphatic carbocycles. The van der Waals surface area contributed by atoms with Gasteiger partial charge in [-0.2, -0.15) is 0 Å². The van der Waals surface area contributed by atoms with Gasteiger partial charge in [-0.05, 0) is 37.8 Å². The molecule has 0 amide bonds. The largest absolute Gasteiger partial charge is 0.256 e. The van der Waals surface area contributed by atoms with Gasteiger partial charge in [0.2, 0.25) is 0 Å². The van der Waals surface area contributed by atoms with Crippen LogP contribution >= 0.6 is 0 Å². The third kappa shape index (κ3) is 31.8. The molecule has 273 valence electrons. The molecule has 1 aliphatic rings. The molecule has 0 aromatic carbocycles. The lowest BCUT2D eigenvalue weighted by molar-refractivity contribution is 0.527. The van der Waals surface area contributed by atoms with Gasteiger partial charge < -0.3 is 0 Å². The summed E-state index contributed by atoms with van der Waals surface area (Å²) in [5.74, 6) is 0. The van der Waals surface area contributed by atoms with E-state index < -0.39 is 0 Å². The van der Waals surface area contributed by atoms with Crippen LogP contribution in [0.5, 0.6) is 0 Å². The van der Waals surface area contributed by atoms with Crippen molar-refractivity contribution in [2.45, 2.75) is 245 Å². The Hall–Kier alpha value is -1.24. The molecule has 0 bridgehead atoms. The van der Waals surface area contributed by atoms with E-state index in [1.165, 1.54) is 237 Å². The summed E-state index contributed by atoms with van der Waals surface area (Å²) in [6.45, 7) is 4.61. The smallest absolute Gasteiger partial charge is 0.0699 e. The summed E-state index contributed by atoms with van der Waals surface area (Å²) < 4.78 is 0. The third-order valence-electron chi connectivity index (χ3n) is 10.3. The van der Waals surface area contributed by atoms with Crippen LogP contribution in [0.4, 0.5) is 0 Å². The Balaban J connectivity index is 1.86. The van der Waals surface area contributed by atoms with Crippen LogP contribution in [0.1, 0.15) is 245 Å². The summed E-state index contributed by atoms with van der Waals surface area (Å²) in [6.07, 6.45) is 64.7. The molecule has 0 saturated carbocycles. The molecule has 0 spiro atoms. The monoisotopic (exact) mass is 651 g/mol. The molecule has 0 fully saturated rings. The lowest BCUT2D eigenvalue weighted by Gasteiger charge is -2.03. The van der Waals surface area contributed by atoms with E-state index in [1.807, 2.05) is 6.20 Å². The fourth-order valence-corrected chi connectivity index (χ4v) is 7.02. The quantitative estimate of drug-likeness (QED) is 0.0590. The van der Waals surface area contributed by atoms with Gasteiger partial charge in [-0.3, -0.25) is 5.32 Å². The van der Waals surface area contributed by atoms with Crippen LogP contribution < -0.4 is 5.32 Å². The van der Waals surface area contributed by atoms with E-state index in [1.54, 1.807) is 0 Å². The maximum absolute atomic E-state index is 4.60. The zero-order valence-electron chi connectivity index (χ0n) is 32.4. The first kappa shape index (κ1) is 43.8. The van der Waals surface area contributed by atoms with Crippen molar-refractivity contribution in [3.05, 3.63) is 47.9 Å². The highest BCUT2D eigenvalue weighted by atomic mass is 14.9. The fourth-order valence-electron chi connectivity index (χ4n) is 7.02. The summed E-state index contributed by atoms with van der Waals surface area (Å²) in [5.41, 5.74) is 2.44. The lowest BCUT2D eigenvalue weighted by Crippen LogP contribution is -1.89. The van der Waals surface area contributed by atoms with Crippen LogP contribution in [-0.4, -0.2) is 0 Å². The molecule has 1 heterocycles. The molecule has 1 rings (SSSR count). The minimum absolute atomic E-state index is 1.15. The topological polar surface area (TPSA) is 14.1 Å². The number of hydrogen-bond acceptors (Lipinski definition) is 0. The fraction of sp³-hybridized carbons (Fsp3) is 0.826. The van der Waals surface area contributed by atoms with Gasteiger partial charge in [-0.15, -0.1) is 0 Å². The van der Waals surface area contributed by atoms with Crippen molar-refractivity contribution in [3.63, 3.8) is 0 Å². The molecule has 0 aromatic rings. The second-order valence-electron chi connectivity index (χ2n) is 15.0. The SMILES string of the molecule is CCCCCCCCCCCCCCCCCCCC=CC1=C(C=CCCCCCCCCCCCCCCCCCCC)[N]C=C1. The van der Waals surface area contributed by atoms with Gasteiger partial charge in [0.05, 0.1) is 5.70 Å². The first-order valence-corrected chi connectivity index (χ1v) is 21.8. The number of allylic oxidation sites excluding steroid dienone is 6. The molecule has 1 heteroatoms. The minimum atomic E-state index is 1.15. The average Bonchev–Trinajstić information content (AvgIpc) is 3.53. The van der Waals surface area contributed by atoms with E-state index in [-0.39, 0.29) is 0 Å². The van der Waals surface area contributed by atoms with Crippen LogP contribution in [0.25, 0.3) is 0 Å². The van der Waals surface area contributed by atoms with E-state index in [9.17, 15) is 0 Å². The molecule has 1 nitrogen and oxygen atoms in total. The van der Waals surface area contributed by atoms with Crippen LogP contribution in [-0.2, 0) is 0 Å². The van der Waals surface area contributed by atoms with Gasteiger partial charge in [0, 0.05) is 11.8 Å². The molecule has 0 atom stereocenters. The molecule has 0 N–H and O–H groups in total. The van der Waals surface area contributed by atoms with E-state index in [0.29, 0.717) is 0 Å². The summed E-state index contributed by atoms with van der Waals surface area (Å²) in [4.78, 5) is 0. The van der Waals surface area contributed by atoms with Gasteiger partial charge in [0.25, 0.3) is 0 Å². The highest BCUT2D eigenvalue weighted by Crippen LogP contribution is 2.18. The predicted octanol–water partition coefficient (Wildman–Crippen LogP) is 16.6. The third-order valence-corrected chi connectivity index (χ3v) is 10.3. The van der Waals surface area contributed by atoms with Gasteiger partial charge in [-0.25, -0.2) is 0 Å². The van der Waals surface area contributed by atoms with Crippen molar-refractivity contribution in [3.8, 4) is 0 Å². The first-order valence-electron chi connectivity index (χ1n) is 21.8. The molecular formula is C46H84N. The van der Waals surface area contributed by atoms with Gasteiger partial charge in [-0.1, -0.05) is 238 Å². The highest BCUT2D eigenvalue weighted by molar-refractivity contribution is 5.44. The van der Waals surface area contributed by atoms with Crippen LogP contribution in [0, 0.1) is 0 Å². The Labute approximate surface area is 297 Å². The zero-order valence-corrected chi connectivity index (χ0v) is 32.4. The van der Waals surface area contributed by atoms with Crippen LogP contribution in [0.3, 0.4) is 0 Å². The van der Waals surface area contributed by atoms with E-state index >= 15 is 0 Å². The zero-order chi connectivity index (χ0) is 33.6. The van der Waals surface area contributed by atoms with E-state index in [4.69, 9.17) is 0 Å². The average molecular weight is 651 g/mol. The normalized spacial score (nSPS) is 13.2. The molecule has 47 heavy (non-hydrogen) atoms.